The van der Waals surface area contributed by atoms with Gasteiger partial charge in [0.15, 0.2) is 0 Å². The zero-order chi connectivity index (χ0) is 12.3. The summed E-state index contributed by atoms with van der Waals surface area (Å²) in [6, 6.07) is 8.04. The molecule has 0 bridgehead atoms. The molecule has 0 aliphatic rings. The van der Waals surface area contributed by atoms with Crippen molar-refractivity contribution in [3.8, 4) is 0 Å². The minimum Gasteiger partial charge on any atom is -0.469 e. The van der Waals surface area contributed by atoms with Gasteiger partial charge in [0, 0.05) is 17.5 Å². The first-order chi connectivity index (χ1) is 8.19. The van der Waals surface area contributed by atoms with Crippen LogP contribution in [0.4, 0.5) is 4.39 Å². The van der Waals surface area contributed by atoms with Crippen molar-refractivity contribution < 1.29 is 13.9 Å². The Labute approximate surface area is 98.2 Å². The van der Waals surface area contributed by atoms with Crippen LogP contribution in [0.5, 0.6) is 0 Å². The highest BCUT2D eigenvalue weighted by molar-refractivity contribution is 5.78. The third-order valence-corrected chi connectivity index (χ3v) is 2.52. The third-order valence-electron chi connectivity index (χ3n) is 2.52. The van der Waals surface area contributed by atoms with Gasteiger partial charge in [0.25, 0.3) is 0 Å². The average molecular weight is 233 g/mol. The van der Waals surface area contributed by atoms with E-state index in [2.05, 4.69) is 9.72 Å². The lowest BCUT2D eigenvalue weighted by Gasteiger charge is -2.02. The minimum atomic E-state index is -0.276. The van der Waals surface area contributed by atoms with Crippen LogP contribution in [0.25, 0.3) is 10.9 Å². The molecule has 3 nitrogen and oxygen atoms in total. The lowest BCUT2D eigenvalue weighted by Crippen LogP contribution is -2.02. The number of benzene rings is 1. The first kappa shape index (κ1) is 11.5. The van der Waals surface area contributed by atoms with Gasteiger partial charge >= 0.3 is 5.97 Å². The van der Waals surface area contributed by atoms with Crippen LogP contribution in [0.15, 0.2) is 30.3 Å². The predicted molar refractivity (Wildman–Crippen MR) is 62.0 cm³/mol. The minimum absolute atomic E-state index is 0.258. The van der Waals surface area contributed by atoms with Crippen LogP contribution in [-0.4, -0.2) is 18.1 Å². The molecule has 17 heavy (non-hydrogen) atoms. The number of hydrogen-bond acceptors (Lipinski definition) is 3. The van der Waals surface area contributed by atoms with E-state index in [4.69, 9.17) is 0 Å². The number of methoxy groups -OCH3 is 1. The number of ether oxygens (including phenoxy) is 1. The Morgan fingerprint density at radius 1 is 1.35 bits per heavy atom. The fourth-order valence-corrected chi connectivity index (χ4v) is 1.61. The summed E-state index contributed by atoms with van der Waals surface area (Å²) in [4.78, 5) is 15.3. The first-order valence-corrected chi connectivity index (χ1v) is 5.31. The van der Waals surface area contributed by atoms with Gasteiger partial charge in [-0.15, -0.1) is 0 Å². The van der Waals surface area contributed by atoms with Crippen LogP contribution < -0.4 is 0 Å². The number of rotatable bonds is 3. The summed E-state index contributed by atoms with van der Waals surface area (Å²) in [5, 5.41) is 0.756. The van der Waals surface area contributed by atoms with Gasteiger partial charge in [-0.3, -0.25) is 9.78 Å². The topological polar surface area (TPSA) is 39.2 Å². The van der Waals surface area contributed by atoms with E-state index in [1.807, 2.05) is 0 Å². The zero-order valence-electron chi connectivity index (χ0n) is 9.44. The second-order valence-electron chi connectivity index (χ2n) is 3.72. The smallest absolute Gasteiger partial charge is 0.305 e. The van der Waals surface area contributed by atoms with Crippen LogP contribution in [0, 0.1) is 5.82 Å². The fourth-order valence-electron chi connectivity index (χ4n) is 1.61. The van der Waals surface area contributed by atoms with Crippen molar-refractivity contribution in [3.63, 3.8) is 0 Å². The molecule has 2 rings (SSSR count). The molecule has 1 aromatic carbocycles. The summed E-state index contributed by atoms with van der Waals surface area (Å²) < 4.78 is 17.5. The Morgan fingerprint density at radius 2 is 2.18 bits per heavy atom. The molecule has 0 saturated heterocycles. The van der Waals surface area contributed by atoms with E-state index in [1.54, 1.807) is 18.2 Å². The molecule has 0 fully saturated rings. The fraction of sp³-hybridized carbons (Fsp3) is 0.231. The SMILES string of the molecule is COC(=O)CCc1ccc2cc(F)ccc2n1. The number of carbonyl (C=O) groups excluding carboxylic acids is 1. The summed E-state index contributed by atoms with van der Waals surface area (Å²) >= 11 is 0. The van der Waals surface area contributed by atoms with Gasteiger partial charge < -0.3 is 4.74 Å². The Morgan fingerprint density at radius 3 is 2.94 bits per heavy atom. The number of aryl methyl sites for hydroxylation is 1. The molecule has 0 spiro atoms. The number of carbonyl (C=O) groups is 1. The molecule has 0 aliphatic carbocycles. The van der Waals surface area contributed by atoms with Gasteiger partial charge in [-0.25, -0.2) is 4.39 Å². The van der Waals surface area contributed by atoms with Crippen LogP contribution >= 0.6 is 0 Å². The number of esters is 1. The van der Waals surface area contributed by atoms with E-state index in [0.717, 1.165) is 16.6 Å². The van der Waals surface area contributed by atoms with Crippen molar-refractivity contribution in [1.29, 1.82) is 0 Å². The van der Waals surface area contributed by atoms with Gasteiger partial charge in [-0.05, 0) is 24.3 Å². The van der Waals surface area contributed by atoms with Crippen molar-refractivity contribution >= 4 is 16.9 Å². The molecule has 2 aromatic rings. The molecule has 1 heterocycles. The molecule has 88 valence electrons. The van der Waals surface area contributed by atoms with E-state index in [1.165, 1.54) is 19.2 Å². The highest BCUT2D eigenvalue weighted by Gasteiger charge is 2.04. The van der Waals surface area contributed by atoms with Crippen molar-refractivity contribution in [2.45, 2.75) is 12.8 Å². The number of hydrogen-bond donors (Lipinski definition) is 0. The molecule has 0 N–H and O–H groups in total. The monoisotopic (exact) mass is 233 g/mol. The number of halogens is 1. The maximum atomic E-state index is 12.9. The lowest BCUT2D eigenvalue weighted by atomic mass is 10.1. The van der Waals surface area contributed by atoms with Crippen LogP contribution in [-0.2, 0) is 16.0 Å². The molecule has 0 atom stereocenters. The number of nitrogens with zero attached hydrogens (tertiary/aromatic N) is 1. The summed E-state index contributed by atoms with van der Waals surface area (Å²) in [5.41, 5.74) is 1.53. The van der Waals surface area contributed by atoms with Crippen LogP contribution in [0.2, 0.25) is 0 Å². The van der Waals surface area contributed by atoms with Gasteiger partial charge in [-0.2, -0.15) is 0 Å². The molecule has 1 aromatic heterocycles. The highest BCUT2D eigenvalue weighted by Crippen LogP contribution is 2.14. The number of pyridine rings is 1. The van der Waals surface area contributed by atoms with Crippen molar-refractivity contribution in [2.24, 2.45) is 0 Å². The molecule has 4 heteroatoms. The average Bonchev–Trinajstić information content (AvgIpc) is 2.35. The Balaban J connectivity index is 2.20. The van der Waals surface area contributed by atoms with Gasteiger partial charge in [0.1, 0.15) is 5.82 Å². The van der Waals surface area contributed by atoms with E-state index < -0.39 is 0 Å². The Hall–Kier alpha value is -1.97. The standard InChI is InChI=1S/C13H12FNO2/c1-17-13(16)7-5-11-4-2-9-8-10(14)3-6-12(9)15-11/h2-4,6,8H,5,7H2,1H3. The van der Waals surface area contributed by atoms with E-state index in [0.29, 0.717) is 12.8 Å². The second kappa shape index (κ2) is 4.91. The summed E-state index contributed by atoms with van der Waals surface area (Å²) in [6.45, 7) is 0. The number of aromatic nitrogens is 1. The van der Waals surface area contributed by atoms with Crippen LogP contribution in [0.1, 0.15) is 12.1 Å². The van der Waals surface area contributed by atoms with Crippen LogP contribution in [0.3, 0.4) is 0 Å². The molecule has 0 amide bonds. The van der Waals surface area contributed by atoms with Crippen molar-refractivity contribution in [2.75, 3.05) is 7.11 Å². The summed E-state index contributed by atoms with van der Waals surface area (Å²) in [5.74, 6) is -0.535. The molecule has 0 saturated carbocycles. The molecular formula is C13H12FNO2. The van der Waals surface area contributed by atoms with E-state index in [-0.39, 0.29) is 11.8 Å². The number of fused-ring (bicyclic) bond motifs is 1. The molecule has 0 aliphatic heterocycles. The molecule has 0 radical (unpaired) electrons. The second-order valence-corrected chi connectivity index (χ2v) is 3.72. The lowest BCUT2D eigenvalue weighted by molar-refractivity contribution is -0.140. The highest BCUT2D eigenvalue weighted by atomic mass is 19.1. The predicted octanol–water partition coefficient (Wildman–Crippen LogP) is 2.48. The van der Waals surface area contributed by atoms with Gasteiger partial charge in [0.2, 0.25) is 0 Å². The first-order valence-electron chi connectivity index (χ1n) is 5.31. The van der Waals surface area contributed by atoms with Gasteiger partial charge in [0.05, 0.1) is 19.0 Å². The largest absolute Gasteiger partial charge is 0.469 e. The zero-order valence-corrected chi connectivity index (χ0v) is 9.44. The molecular weight excluding hydrogens is 221 g/mol. The van der Waals surface area contributed by atoms with Crippen molar-refractivity contribution in [1.82, 2.24) is 4.98 Å². The third kappa shape index (κ3) is 2.78. The molecule has 0 unspecified atom stereocenters. The van der Waals surface area contributed by atoms with Crippen molar-refractivity contribution in [3.05, 3.63) is 41.8 Å². The summed E-state index contributed by atoms with van der Waals surface area (Å²) in [6.07, 6.45) is 0.830. The van der Waals surface area contributed by atoms with E-state index >= 15 is 0 Å². The normalized spacial score (nSPS) is 10.5. The quantitative estimate of drug-likeness (QED) is 0.764. The Kier molecular flexibility index (Phi) is 3.32. The van der Waals surface area contributed by atoms with Gasteiger partial charge in [-0.1, -0.05) is 6.07 Å². The maximum Gasteiger partial charge on any atom is 0.305 e. The maximum absolute atomic E-state index is 12.9. The Bertz CT molecular complexity index is 554. The summed E-state index contributed by atoms with van der Waals surface area (Å²) in [7, 11) is 1.36. The van der Waals surface area contributed by atoms with E-state index in [9.17, 15) is 9.18 Å².